The van der Waals surface area contributed by atoms with Crippen LogP contribution in [-0.2, 0) is 4.74 Å². The summed E-state index contributed by atoms with van der Waals surface area (Å²) in [6.07, 6.45) is -3.48. The molecule has 0 aromatic heterocycles. The van der Waals surface area contributed by atoms with E-state index in [0.29, 0.717) is 6.61 Å². The van der Waals surface area contributed by atoms with Crippen molar-refractivity contribution in [1.82, 2.24) is 4.90 Å². The Kier molecular flexibility index (Phi) is 3.79. The molecule has 7 heteroatoms. The molecule has 1 aliphatic rings. The standard InChI is InChI=1S/C9H14F3N3O/c1-6(4-16-2)15-3-7(9(10,11)12)8(13)14-5-15/h3,6H,4-5H2,1-2H3,(H2,13,14). The molecule has 0 amide bonds. The lowest BCUT2D eigenvalue weighted by atomic mass is 10.2. The van der Waals surface area contributed by atoms with Gasteiger partial charge in [0.15, 0.2) is 0 Å². The topological polar surface area (TPSA) is 50.9 Å². The van der Waals surface area contributed by atoms with Crippen molar-refractivity contribution in [3.63, 3.8) is 0 Å². The predicted molar refractivity (Wildman–Crippen MR) is 53.8 cm³/mol. The molecule has 16 heavy (non-hydrogen) atoms. The van der Waals surface area contributed by atoms with Gasteiger partial charge in [-0.15, -0.1) is 0 Å². The number of amidine groups is 1. The van der Waals surface area contributed by atoms with Crippen molar-refractivity contribution in [2.45, 2.75) is 19.1 Å². The fourth-order valence-electron chi connectivity index (χ4n) is 1.34. The second-order valence-corrected chi connectivity index (χ2v) is 3.54. The maximum atomic E-state index is 12.5. The zero-order valence-electron chi connectivity index (χ0n) is 9.08. The first kappa shape index (κ1) is 12.8. The normalized spacial score (nSPS) is 19.2. The van der Waals surface area contributed by atoms with Crippen molar-refractivity contribution < 1.29 is 17.9 Å². The molecule has 0 aromatic rings. The van der Waals surface area contributed by atoms with Gasteiger partial charge in [-0.1, -0.05) is 0 Å². The van der Waals surface area contributed by atoms with Crippen LogP contribution in [0.1, 0.15) is 6.92 Å². The number of aliphatic imine (C=N–C) groups is 1. The molecule has 1 aliphatic heterocycles. The molecule has 1 rings (SSSR count). The molecule has 0 radical (unpaired) electrons. The predicted octanol–water partition coefficient (Wildman–Crippen LogP) is 1.10. The molecular formula is C9H14F3N3O. The maximum Gasteiger partial charge on any atom is 0.421 e. The number of halogens is 3. The summed E-state index contributed by atoms with van der Waals surface area (Å²) in [5.41, 5.74) is 4.30. The quantitative estimate of drug-likeness (QED) is 0.799. The van der Waals surface area contributed by atoms with Gasteiger partial charge in [0.2, 0.25) is 0 Å². The fraction of sp³-hybridized carbons (Fsp3) is 0.667. The molecule has 1 heterocycles. The van der Waals surface area contributed by atoms with Crippen LogP contribution in [-0.4, -0.2) is 43.3 Å². The second-order valence-electron chi connectivity index (χ2n) is 3.54. The highest BCUT2D eigenvalue weighted by atomic mass is 19.4. The van der Waals surface area contributed by atoms with Crippen LogP contribution in [0.3, 0.4) is 0 Å². The van der Waals surface area contributed by atoms with Gasteiger partial charge in [-0.25, -0.2) is 4.99 Å². The monoisotopic (exact) mass is 237 g/mol. The summed E-state index contributed by atoms with van der Waals surface area (Å²) in [4.78, 5) is 5.09. The van der Waals surface area contributed by atoms with E-state index < -0.39 is 17.6 Å². The highest BCUT2D eigenvalue weighted by molar-refractivity contribution is 5.98. The van der Waals surface area contributed by atoms with Gasteiger partial charge >= 0.3 is 6.18 Å². The van der Waals surface area contributed by atoms with Crippen LogP contribution in [0.4, 0.5) is 13.2 Å². The van der Waals surface area contributed by atoms with E-state index in [4.69, 9.17) is 10.5 Å². The minimum absolute atomic E-state index is 0.121. The third-order valence-electron chi connectivity index (χ3n) is 2.25. The molecule has 0 spiro atoms. The van der Waals surface area contributed by atoms with E-state index in [9.17, 15) is 13.2 Å². The molecule has 1 atom stereocenters. The van der Waals surface area contributed by atoms with Crippen molar-refractivity contribution in [2.24, 2.45) is 10.7 Å². The molecule has 2 N–H and O–H groups in total. The Balaban J connectivity index is 2.84. The van der Waals surface area contributed by atoms with Gasteiger partial charge in [-0.05, 0) is 6.92 Å². The van der Waals surface area contributed by atoms with Gasteiger partial charge < -0.3 is 15.4 Å². The smallest absolute Gasteiger partial charge is 0.383 e. The number of rotatable bonds is 3. The van der Waals surface area contributed by atoms with Crippen LogP contribution in [0.15, 0.2) is 16.8 Å². The lowest BCUT2D eigenvalue weighted by molar-refractivity contribution is -0.0879. The largest absolute Gasteiger partial charge is 0.421 e. The van der Waals surface area contributed by atoms with Crippen LogP contribution in [0, 0.1) is 0 Å². The van der Waals surface area contributed by atoms with E-state index in [1.54, 1.807) is 6.92 Å². The Bertz CT molecular complexity index is 312. The second kappa shape index (κ2) is 4.73. The third-order valence-corrected chi connectivity index (χ3v) is 2.25. The lowest BCUT2D eigenvalue weighted by Crippen LogP contribution is -2.40. The Morgan fingerprint density at radius 3 is 2.75 bits per heavy atom. The highest BCUT2D eigenvalue weighted by Crippen LogP contribution is 2.28. The molecule has 0 aromatic carbocycles. The van der Waals surface area contributed by atoms with E-state index in [1.165, 1.54) is 12.0 Å². The fourth-order valence-corrected chi connectivity index (χ4v) is 1.34. The molecule has 4 nitrogen and oxygen atoms in total. The van der Waals surface area contributed by atoms with Gasteiger partial charge in [-0.3, -0.25) is 0 Å². The zero-order chi connectivity index (χ0) is 12.3. The molecule has 0 saturated carbocycles. The van der Waals surface area contributed by atoms with Crippen LogP contribution in [0.25, 0.3) is 0 Å². The number of methoxy groups -OCH3 is 1. The van der Waals surface area contributed by atoms with Crippen LogP contribution in [0.5, 0.6) is 0 Å². The molecule has 92 valence electrons. The van der Waals surface area contributed by atoms with Crippen molar-refractivity contribution in [1.29, 1.82) is 0 Å². The summed E-state index contributed by atoms with van der Waals surface area (Å²) in [5, 5.41) is 0. The Labute approximate surface area is 91.6 Å². The molecule has 0 fully saturated rings. The SMILES string of the molecule is COCC(C)N1C=C(C(F)(F)F)C(N)=NC1. The molecular weight excluding hydrogens is 223 g/mol. The summed E-state index contributed by atoms with van der Waals surface area (Å²) in [6, 6.07) is -0.181. The molecule has 0 bridgehead atoms. The van der Waals surface area contributed by atoms with Gasteiger partial charge in [0, 0.05) is 13.3 Å². The Morgan fingerprint density at radius 1 is 1.62 bits per heavy atom. The number of nitrogens with two attached hydrogens (primary N) is 1. The van der Waals surface area contributed by atoms with Crippen molar-refractivity contribution in [3.8, 4) is 0 Å². The number of ether oxygens (including phenoxy) is 1. The first-order valence-corrected chi connectivity index (χ1v) is 4.70. The number of hydrogen-bond acceptors (Lipinski definition) is 4. The van der Waals surface area contributed by atoms with Crippen molar-refractivity contribution in [3.05, 3.63) is 11.8 Å². The Hall–Kier alpha value is -1.24. The minimum Gasteiger partial charge on any atom is -0.383 e. The summed E-state index contributed by atoms with van der Waals surface area (Å²) in [7, 11) is 1.49. The summed E-state index contributed by atoms with van der Waals surface area (Å²) in [6.45, 7) is 2.21. The summed E-state index contributed by atoms with van der Waals surface area (Å²) >= 11 is 0. The molecule has 0 aliphatic carbocycles. The number of alkyl halides is 3. The van der Waals surface area contributed by atoms with Gasteiger partial charge in [0.05, 0.1) is 12.6 Å². The van der Waals surface area contributed by atoms with E-state index >= 15 is 0 Å². The Morgan fingerprint density at radius 2 is 2.25 bits per heavy atom. The zero-order valence-corrected chi connectivity index (χ0v) is 9.08. The van der Waals surface area contributed by atoms with E-state index in [0.717, 1.165) is 6.20 Å². The number of hydrogen-bond donors (Lipinski definition) is 1. The maximum absolute atomic E-state index is 12.5. The van der Waals surface area contributed by atoms with Crippen molar-refractivity contribution >= 4 is 5.84 Å². The summed E-state index contributed by atoms with van der Waals surface area (Å²) < 4.78 is 42.5. The minimum atomic E-state index is -4.47. The lowest BCUT2D eigenvalue weighted by Gasteiger charge is -2.30. The van der Waals surface area contributed by atoms with E-state index in [1.807, 2.05) is 0 Å². The van der Waals surface area contributed by atoms with Gasteiger partial charge in [0.25, 0.3) is 0 Å². The third kappa shape index (κ3) is 2.88. The van der Waals surface area contributed by atoms with Gasteiger partial charge in [0.1, 0.15) is 18.1 Å². The van der Waals surface area contributed by atoms with Crippen LogP contribution in [0.2, 0.25) is 0 Å². The highest BCUT2D eigenvalue weighted by Gasteiger charge is 2.38. The first-order chi connectivity index (χ1) is 7.36. The number of nitrogens with zero attached hydrogens (tertiary/aromatic N) is 2. The van der Waals surface area contributed by atoms with Gasteiger partial charge in [-0.2, -0.15) is 13.2 Å². The molecule has 1 unspecified atom stereocenters. The average molecular weight is 237 g/mol. The first-order valence-electron chi connectivity index (χ1n) is 4.70. The van der Waals surface area contributed by atoms with Crippen molar-refractivity contribution in [2.75, 3.05) is 20.4 Å². The van der Waals surface area contributed by atoms with Crippen LogP contribution >= 0.6 is 0 Å². The molecule has 0 saturated heterocycles. The average Bonchev–Trinajstić information content (AvgIpc) is 2.16. The van der Waals surface area contributed by atoms with E-state index in [2.05, 4.69) is 4.99 Å². The summed E-state index contributed by atoms with van der Waals surface area (Å²) in [5.74, 6) is -0.464. The van der Waals surface area contributed by atoms with Crippen LogP contribution < -0.4 is 5.73 Å². The van der Waals surface area contributed by atoms with E-state index in [-0.39, 0.29) is 12.7 Å².